The second-order valence-electron chi connectivity index (χ2n) is 26.0. The smallest absolute Gasteiger partial charge is 0.429 e. The van der Waals surface area contributed by atoms with E-state index in [1.54, 1.807) is 69.0 Å². The quantitative estimate of drug-likeness (QED) is 0.0124. The van der Waals surface area contributed by atoms with Crippen molar-refractivity contribution in [2.24, 2.45) is 0 Å². The van der Waals surface area contributed by atoms with Gasteiger partial charge in [-0.1, -0.05) is 19.9 Å². The zero-order valence-corrected chi connectivity index (χ0v) is 61.4. The predicted octanol–water partition coefficient (Wildman–Crippen LogP) is 8.79. The van der Waals surface area contributed by atoms with Crippen molar-refractivity contribution in [3.63, 3.8) is 0 Å². The number of hydrogen-bond acceptors (Lipinski definition) is 21. The van der Waals surface area contributed by atoms with Crippen LogP contribution >= 0.6 is 49.2 Å². The lowest BCUT2D eigenvalue weighted by Gasteiger charge is -2.40. The van der Waals surface area contributed by atoms with Crippen LogP contribution in [-0.4, -0.2) is 191 Å². The molecular formula is C70H81Cl2F6N13O12S2. The molecule has 5 saturated heterocycles. The van der Waals surface area contributed by atoms with Gasteiger partial charge in [-0.25, -0.2) is 14.5 Å². The summed E-state index contributed by atoms with van der Waals surface area (Å²) in [5.41, 5.74) is -5.72. The number of nitrogens with one attached hydrogen (secondary N) is 3. The summed E-state index contributed by atoms with van der Waals surface area (Å²) in [6.07, 6.45) is -10.9. The number of anilines is 6. The predicted molar refractivity (Wildman–Crippen MR) is 392 cm³/mol. The molecule has 35 heteroatoms. The molecule has 25 nitrogen and oxygen atoms in total. The average Bonchev–Trinajstić information content (AvgIpc) is 1.59. The third kappa shape index (κ3) is 17.7. The molecule has 5 aromatic rings. The third-order valence-corrected chi connectivity index (χ3v) is 19.4. The molecule has 0 unspecified atom stereocenters. The molecule has 105 heavy (non-hydrogen) atoms. The van der Waals surface area contributed by atoms with E-state index in [9.17, 15) is 62.2 Å². The van der Waals surface area contributed by atoms with Crippen LogP contribution in [0.1, 0.15) is 92.6 Å². The van der Waals surface area contributed by atoms with Crippen LogP contribution in [0.25, 0.3) is 0 Å². The molecule has 6 amide bonds. The molecule has 566 valence electrons. The molecule has 0 aromatic heterocycles. The standard InChI is InChI=1S/C70H76F6N12O12S2.2ClH.H3N/c1-7-41-30-49(15-19-56(41)98-28-26-82-23-22-78-36-50(82)39-89)88-65(102)86(63(96)68(88,5)6)47-14-17-52(54(34-47)70(74,75)76)61(94)100-66(97)84(45-11-9-10-44(32-45)79-55-18-21-58(91)80-60(55)93)59(92)38-81-24-25-83(51(37-81)40-90)27-29-99-57-20-16-48(31-42(57)8-2)87-64(101)85(62(95)67(87,3)4)46-13-12-43(35-77)53(33-46)69(71,72)73;;;/h9-17,19-20,30-34,50-51,55,78-79,89-90H,7-8,18,21-29,36-40H2,1-6H3,(H,80,91,93);2*1H;1H3/t50-,51-,55-;;;/m1.../s1. The first-order chi connectivity index (χ1) is 48.3. The number of halogens is 8. The summed E-state index contributed by atoms with van der Waals surface area (Å²) in [6, 6.07) is 20.8. The van der Waals surface area contributed by atoms with Crippen LogP contribution in [0.5, 0.6) is 11.5 Å². The molecule has 5 aliphatic heterocycles. The number of piperidine rings is 1. The number of rotatable bonds is 22. The van der Waals surface area contributed by atoms with Gasteiger partial charge in [0.1, 0.15) is 41.8 Å². The van der Waals surface area contributed by atoms with E-state index in [0.29, 0.717) is 78.0 Å². The highest BCUT2D eigenvalue weighted by molar-refractivity contribution is 7.81. The first-order valence-electron chi connectivity index (χ1n) is 33.0. The Morgan fingerprint density at radius 3 is 1.76 bits per heavy atom. The van der Waals surface area contributed by atoms with Crippen LogP contribution in [-0.2, 0) is 53.9 Å². The summed E-state index contributed by atoms with van der Waals surface area (Å²) in [6.45, 7) is 12.8. The first-order valence-corrected chi connectivity index (χ1v) is 33.8. The molecule has 5 aromatic carbocycles. The van der Waals surface area contributed by atoms with Gasteiger partial charge in [-0.2, -0.15) is 31.6 Å². The Labute approximate surface area is 625 Å². The van der Waals surface area contributed by atoms with Crippen molar-refractivity contribution < 1.29 is 84.3 Å². The largest absolute Gasteiger partial charge is 0.492 e. The Bertz CT molecular complexity index is 4190. The Hall–Kier alpha value is -8.66. The second kappa shape index (κ2) is 34.3. The molecule has 0 saturated carbocycles. The minimum Gasteiger partial charge on any atom is -0.492 e. The van der Waals surface area contributed by atoms with Gasteiger partial charge in [-0.15, -0.1) is 24.8 Å². The van der Waals surface area contributed by atoms with Gasteiger partial charge in [0.05, 0.1) is 65.1 Å². The molecular weight excluding hydrogens is 1460 g/mol. The maximum Gasteiger partial charge on any atom is 0.429 e. The highest BCUT2D eigenvalue weighted by Crippen LogP contribution is 2.44. The van der Waals surface area contributed by atoms with Gasteiger partial charge >= 0.3 is 24.4 Å². The van der Waals surface area contributed by atoms with Crippen LogP contribution in [0.2, 0.25) is 0 Å². The fourth-order valence-corrected chi connectivity index (χ4v) is 14.2. The van der Waals surface area contributed by atoms with Gasteiger partial charge in [0.25, 0.3) is 17.7 Å². The Balaban J connectivity index is 0.00000513. The summed E-state index contributed by atoms with van der Waals surface area (Å²) in [4.78, 5) is 108. The lowest BCUT2D eigenvalue weighted by atomic mass is 10.0. The fraction of sp³-hybridized carbons (Fsp3) is 0.429. The Kier molecular flexibility index (Phi) is 27.3. The average molecular weight is 1550 g/mol. The number of aliphatic hydroxyl groups excluding tert-OH is 2. The number of aliphatic hydroxyl groups is 2. The van der Waals surface area contributed by atoms with E-state index in [0.717, 1.165) is 46.7 Å². The van der Waals surface area contributed by atoms with Crippen molar-refractivity contribution >= 4 is 135 Å². The van der Waals surface area contributed by atoms with E-state index in [4.69, 9.17) is 38.6 Å². The molecule has 0 bridgehead atoms. The summed E-state index contributed by atoms with van der Waals surface area (Å²) < 4.78 is 106. The van der Waals surface area contributed by atoms with E-state index in [2.05, 4.69) is 20.9 Å². The van der Waals surface area contributed by atoms with Crippen LogP contribution < -0.4 is 56.1 Å². The molecule has 0 spiro atoms. The summed E-state index contributed by atoms with van der Waals surface area (Å²) in [7, 11) is 0. The summed E-state index contributed by atoms with van der Waals surface area (Å²) >= 11 is 11.6. The normalized spacial score (nSPS) is 19.3. The Morgan fingerprint density at radius 1 is 0.705 bits per heavy atom. The highest BCUT2D eigenvalue weighted by atomic mass is 35.5. The molecule has 5 aliphatic rings. The Morgan fingerprint density at radius 2 is 1.24 bits per heavy atom. The molecule has 0 aliphatic carbocycles. The third-order valence-electron chi connectivity index (χ3n) is 18.7. The lowest BCUT2D eigenvalue weighted by Crippen LogP contribution is -2.57. The maximum atomic E-state index is 15.4. The van der Waals surface area contributed by atoms with Crippen molar-refractivity contribution in [2.45, 2.75) is 109 Å². The molecule has 5 heterocycles. The maximum absolute atomic E-state index is 15.4. The van der Waals surface area contributed by atoms with Gasteiger partial charge in [-0.05, 0) is 174 Å². The number of esters is 1. The van der Waals surface area contributed by atoms with Crippen LogP contribution in [0, 0.1) is 11.3 Å². The lowest BCUT2D eigenvalue weighted by molar-refractivity contribution is -0.138. The number of nitriles is 1. The number of nitrogens with zero attached hydrogens (tertiary/aromatic N) is 9. The van der Waals surface area contributed by atoms with E-state index < -0.39 is 113 Å². The van der Waals surface area contributed by atoms with E-state index in [1.165, 1.54) is 46.2 Å². The number of carbonyl (C=O) groups excluding carboxylic acids is 7. The number of aryl methyl sites for hydroxylation is 2. The minimum absolute atomic E-state index is 0. The number of thiocarbonyl (C=S) groups is 2. The number of imide groups is 2. The van der Waals surface area contributed by atoms with Crippen LogP contribution in [0.15, 0.2) is 97.1 Å². The molecule has 10 rings (SSSR count). The number of amides is 6. The number of benzene rings is 5. The van der Waals surface area contributed by atoms with Gasteiger partial charge in [-0.3, -0.25) is 53.8 Å². The SMILES string of the molecule is CCc1cc(N2C(=S)N(c3ccc(C(=O)OC(=O)N(C(=O)CN4CCN(CCOc5ccc(N6C(=S)N(c7ccc(C#N)c(C(F)(F)F)c7)C(=O)C6(C)C)cc5CC)[C@@H](CO)C4)c4cccc(N[C@@H]5CCC(=O)NC5=O)c4)c(C(F)(F)F)c3)C(=O)C2(C)C)ccc1OCCN1CCNC[C@@H]1CO.Cl.Cl.N. The van der Waals surface area contributed by atoms with Gasteiger partial charge < -0.3 is 51.0 Å². The van der Waals surface area contributed by atoms with Crippen molar-refractivity contribution in [1.82, 2.24) is 31.5 Å². The second-order valence-corrected chi connectivity index (χ2v) is 26.7. The van der Waals surface area contributed by atoms with Gasteiger partial charge in [0, 0.05) is 87.9 Å². The molecule has 5 fully saturated rings. The summed E-state index contributed by atoms with van der Waals surface area (Å²) in [5.74, 6) is -4.27. The van der Waals surface area contributed by atoms with E-state index in [1.807, 2.05) is 18.7 Å². The van der Waals surface area contributed by atoms with Crippen LogP contribution in [0.4, 0.5) is 65.3 Å². The zero-order chi connectivity index (χ0) is 73.9. The molecule has 3 atom stereocenters. The van der Waals surface area contributed by atoms with Crippen molar-refractivity contribution in [3.05, 3.63) is 130 Å². The monoisotopic (exact) mass is 1540 g/mol. The number of alkyl halides is 6. The summed E-state index contributed by atoms with van der Waals surface area (Å²) in [5, 5.41) is 38.1. The van der Waals surface area contributed by atoms with Crippen molar-refractivity contribution in [3.8, 4) is 17.6 Å². The van der Waals surface area contributed by atoms with Crippen molar-refractivity contribution in [1.29, 1.82) is 5.26 Å². The molecule has 0 radical (unpaired) electrons. The van der Waals surface area contributed by atoms with Crippen molar-refractivity contribution in [2.75, 3.05) is 115 Å². The topological polar surface area (TPSA) is 308 Å². The first kappa shape index (κ1) is 83.6. The zero-order valence-electron chi connectivity index (χ0n) is 58.1. The fourth-order valence-electron chi connectivity index (χ4n) is 13.2. The minimum atomic E-state index is -5.32. The molecule has 8 N–H and O–H groups in total. The number of carbonyl (C=O) groups is 7. The van der Waals surface area contributed by atoms with E-state index in [-0.39, 0.29) is 122 Å². The van der Waals surface area contributed by atoms with E-state index >= 15 is 13.2 Å². The van der Waals surface area contributed by atoms with Gasteiger partial charge in [0.15, 0.2) is 10.2 Å². The van der Waals surface area contributed by atoms with Gasteiger partial charge in [0.2, 0.25) is 11.8 Å². The number of hydrogen-bond donors (Lipinski definition) is 6. The number of piperazine rings is 2. The van der Waals surface area contributed by atoms with Crippen LogP contribution in [0.3, 0.4) is 0 Å². The highest BCUT2D eigenvalue weighted by Gasteiger charge is 2.53. The number of ether oxygens (including phenoxy) is 3.